The molecule has 0 spiro atoms. The largest absolute Gasteiger partial charge is 0.471 e. The van der Waals surface area contributed by atoms with E-state index in [2.05, 4.69) is 5.32 Å². The van der Waals surface area contributed by atoms with Gasteiger partial charge in [-0.05, 0) is 50.6 Å². The van der Waals surface area contributed by atoms with Crippen molar-refractivity contribution in [2.24, 2.45) is 0 Å². The highest BCUT2D eigenvalue weighted by atomic mass is 19.4. The average Bonchev–Trinajstić information content (AvgIpc) is 2.73. The van der Waals surface area contributed by atoms with Crippen molar-refractivity contribution in [1.82, 2.24) is 5.32 Å². The zero-order valence-corrected chi connectivity index (χ0v) is 19.0. The van der Waals surface area contributed by atoms with Crippen molar-refractivity contribution in [2.75, 3.05) is 12.4 Å². The molecule has 184 valence electrons. The summed E-state index contributed by atoms with van der Waals surface area (Å²) in [4.78, 5) is 35.4. The number of alkyl carbamates (subject to hydrolysis) is 1. The Balaban J connectivity index is 2.10. The molecule has 2 amide bonds. The van der Waals surface area contributed by atoms with Gasteiger partial charge >= 0.3 is 24.1 Å². The molecule has 1 atom stereocenters. The van der Waals surface area contributed by atoms with Crippen molar-refractivity contribution in [1.29, 1.82) is 0 Å². The van der Waals surface area contributed by atoms with E-state index in [9.17, 15) is 27.6 Å². The summed E-state index contributed by atoms with van der Waals surface area (Å²) < 4.78 is 53.2. The van der Waals surface area contributed by atoms with Crippen molar-refractivity contribution in [3.05, 3.63) is 54.1 Å². The van der Waals surface area contributed by atoms with Gasteiger partial charge in [0.05, 0.1) is 12.8 Å². The normalized spacial score (nSPS) is 12.3. The number of halogens is 3. The second kappa shape index (κ2) is 10.9. The zero-order valence-electron chi connectivity index (χ0n) is 19.0. The molecule has 2 N–H and O–H groups in total. The highest BCUT2D eigenvalue weighted by Gasteiger charge is 2.39. The Labute approximate surface area is 194 Å². The van der Waals surface area contributed by atoms with Crippen LogP contribution < -0.4 is 15.4 Å². The van der Waals surface area contributed by atoms with Crippen LogP contribution in [0.15, 0.2) is 48.5 Å². The number of amides is 2. The van der Waals surface area contributed by atoms with Crippen molar-refractivity contribution >= 4 is 23.7 Å². The van der Waals surface area contributed by atoms with Crippen LogP contribution >= 0.6 is 0 Å². The van der Waals surface area contributed by atoms with Crippen LogP contribution in [0.2, 0.25) is 0 Å². The fraction of sp³-hybridized carbons (Fsp3) is 0.348. The van der Waals surface area contributed by atoms with Crippen molar-refractivity contribution < 1.29 is 41.8 Å². The van der Waals surface area contributed by atoms with Gasteiger partial charge in [0.15, 0.2) is 5.75 Å². The van der Waals surface area contributed by atoms with Gasteiger partial charge in [-0.15, -0.1) is 0 Å². The summed E-state index contributed by atoms with van der Waals surface area (Å²) in [5.41, 5.74) is -0.266. The van der Waals surface area contributed by atoms with Crippen molar-refractivity contribution in [3.8, 4) is 11.5 Å². The number of benzene rings is 2. The summed E-state index contributed by atoms with van der Waals surface area (Å²) in [5.74, 6) is -2.51. The van der Waals surface area contributed by atoms with E-state index >= 15 is 0 Å². The molecule has 0 aliphatic heterocycles. The molecular formula is C23H25F3N2O6. The first-order valence-electron chi connectivity index (χ1n) is 10.1. The van der Waals surface area contributed by atoms with Gasteiger partial charge in [0.25, 0.3) is 0 Å². The molecule has 0 heterocycles. The molecule has 2 aromatic carbocycles. The number of carbonyl (C=O) groups is 3. The molecule has 0 unspecified atom stereocenters. The Kier molecular flexibility index (Phi) is 8.50. The molecule has 34 heavy (non-hydrogen) atoms. The minimum absolute atomic E-state index is 0.00637. The predicted molar refractivity (Wildman–Crippen MR) is 117 cm³/mol. The van der Waals surface area contributed by atoms with Gasteiger partial charge in [0.2, 0.25) is 0 Å². The van der Waals surface area contributed by atoms with E-state index < -0.39 is 35.8 Å². The maximum absolute atomic E-state index is 12.6. The summed E-state index contributed by atoms with van der Waals surface area (Å²) in [6, 6.07) is 10.9. The lowest BCUT2D eigenvalue weighted by Gasteiger charge is -2.22. The molecule has 0 aromatic heterocycles. The molecule has 11 heteroatoms. The number of rotatable bonds is 7. The number of ether oxygens (including phenoxy) is 3. The van der Waals surface area contributed by atoms with Gasteiger partial charge in [-0.25, -0.2) is 9.59 Å². The first-order valence-corrected chi connectivity index (χ1v) is 10.1. The number of carbonyl (C=O) groups excluding carboxylic acids is 3. The Morgan fingerprint density at radius 2 is 1.59 bits per heavy atom. The van der Waals surface area contributed by atoms with E-state index in [1.807, 2.05) is 0 Å². The third kappa shape index (κ3) is 8.30. The molecule has 8 nitrogen and oxygen atoms in total. The van der Waals surface area contributed by atoms with E-state index in [0.29, 0.717) is 5.56 Å². The number of hydrogen-bond acceptors (Lipinski definition) is 6. The average molecular weight is 482 g/mol. The van der Waals surface area contributed by atoms with Gasteiger partial charge in [0, 0.05) is 6.42 Å². The maximum Gasteiger partial charge on any atom is 0.471 e. The molecule has 0 saturated heterocycles. The Bertz CT molecular complexity index is 1020. The van der Waals surface area contributed by atoms with Gasteiger partial charge < -0.3 is 24.8 Å². The topological polar surface area (TPSA) is 103 Å². The third-order valence-electron chi connectivity index (χ3n) is 4.16. The quantitative estimate of drug-likeness (QED) is 0.560. The maximum atomic E-state index is 12.6. The summed E-state index contributed by atoms with van der Waals surface area (Å²) in [6.07, 6.45) is -5.73. The Morgan fingerprint density at radius 3 is 2.15 bits per heavy atom. The second-order valence-electron chi connectivity index (χ2n) is 8.12. The van der Waals surface area contributed by atoms with Crippen molar-refractivity contribution in [2.45, 2.75) is 45.0 Å². The molecule has 2 aromatic rings. The van der Waals surface area contributed by atoms with Gasteiger partial charge in [-0.2, -0.15) is 13.2 Å². The minimum Gasteiger partial charge on any atom is -0.467 e. The number of nitrogens with one attached hydrogen (secondary N) is 2. The highest BCUT2D eigenvalue weighted by molar-refractivity contribution is 5.96. The van der Waals surface area contributed by atoms with E-state index in [0.717, 1.165) is 0 Å². The minimum atomic E-state index is -5.04. The number of esters is 1. The first kappa shape index (κ1) is 26.5. The summed E-state index contributed by atoms with van der Waals surface area (Å²) in [7, 11) is 1.19. The fourth-order valence-electron chi connectivity index (χ4n) is 2.69. The SMILES string of the molecule is COC(=O)[C@@H](Cc1ccc(Oc2ccccc2NC(=O)C(F)(F)F)cc1)NC(=O)OC(C)(C)C. The Morgan fingerprint density at radius 1 is 0.971 bits per heavy atom. The molecule has 0 aliphatic carbocycles. The molecule has 0 bridgehead atoms. The van der Waals surface area contributed by atoms with E-state index in [4.69, 9.17) is 14.2 Å². The summed E-state index contributed by atoms with van der Waals surface area (Å²) in [5, 5.41) is 4.23. The lowest BCUT2D eigenvalue weighted by molar-refractivity contribution is -0.167. The number of methoxy groups -OCH3 is 1. The summed E-state index contributed by atoms with van der Waals surface area (Å²) >= 11 is 0. The van der Waals surface area contributed by atoms with Crippen LogP contribution in [-0.2, 0) is 25.5 Å². The van der Waals surface area contributed by atoms with E-state index in [1.54, 1.807) is 38.2 Å². The molecular weight excluding hydrogens is 457 g/mol. The van der Waals surface area contributed by atoms with Crippen LogP contribution in [0.1, 0.15) is 26.3 Å². The van der Waals surface area contributed by atoms with Crippen LogP contribution in [0.5, 0.6) is 11.5 Å². The molecule has 0 saturated carbocycles. The number of alkyl halides is 3. The van der Waals surface area contributed by atoms with Crippen molar-refractivity contribution in [3.63, 3.8) is 0 Å². The lowest BCUT2D eigenvalue weighted by atomic mass is 10.1. The van der Waals surface area contributed by atoms with Crippen LogP contribution in [0.4, 0.5) is 23.7 Å². The number of anilines is 1. The lowest BCUT2D eigenvalue weighted by Crippen LogP contribution is -2.45. The smallest absolute Gasteiger partial charge is 0.467 e. The van der Waals surface area contributed by atoms with E-state index in [-0.39, 0.29) is 23.6 Å². The first-order chi connectivity index (χ1) is 15.8. The number of hydrogen-bond donors (Lipinski definition) is 2. The van der Waals surface area contributed by atoms with Crippen LogP contribution in [0.25, 0.3) is 0 Å². The third-order valence-corrected chi connectivity index (χ3v) is 4.16. The summed E-state index contributed by atoms with van der Waals surface area (Å²) in [6.45, 7) is 5.06. The van der Waals surface area contributed by atoms with Gasteiger partial charge in [-0.1, -0.05) is 24.3 Å². The Hall–Kier alpha value is -3.76. The fourth-order valence-corrected chi connectivity index (χ4v) is 2.69. The predicted octanol–water partition coefficient (Wildman–Crippen LogP) is 4.59. The van der Waals surface area contributed by atoms with Crippen LogP contribution in [0.3, 0.4) is 0 Å². The van der Waals surface area contributed by atoms with Crippen LogP contribution in [-0.4, -0.2) is 42.9 Å². The molecule has 2 rings (SSSR count). The molecule has 0 fully saturated rings. The zero-order chi connectivity index (χ0) is 25.5. The van der Waals surface area contributed by atoms with Gasteiger partial charge in [0.1, 0.15) is 17.4 Å². The standard InChI is InChI=1S/C23H25F3N2O6/c1-22(2,3)34-21(31)28-17(19(29)32-4)13-14-9-11-15(12-10-14)33-18-8-6-5-7-16(18)27-20(30)23(24,25)26/h5-12,17H,13H2,1-4H3,(H,27,30)(H,28,31)/t17-/m1/s1. The second-order valence-corrected chi connectivity index (χ2v) is 8.12. The molecule has 0 aliphatic rings. The van der Waals surface area contributed by atoms with E-state index in [1.165, 1.54) is 43.5 Å². The van der Waals surface area contributed by atoms with Gasteiger partial charge in [-0.3, -0.25) is 4.79 Å². The molecule has 0 radical (unpaired) electrons. The van der Waals surface area contributed by atoms with Crippen LogP contribution in [0, 0.1) is 0 Å². The monoisotopic (exact) mass is 482 g/mol. The number of para-hydroxylation sites is 2. The highest BCUT2D eigenvalue weighted by Crippen LogP contribution is 2.31.